The Balaban J connectivity index is 1.50. The summed E-state index contributed by atoms with van der Waals surface area (Å²) < 4.78 is 13.5. The Labute approximate surface area is 162 Å². The minimum Gasteiger partial charge on any atom is -0.373 e. The molecule has 8 nitrogen and oxygen atoms in total. The van der Waals surface area contributed by atoms with E-state index < -0.39 is 11.8 Å². The standard InChI is InChI=1S/C17H18N4O4S2/c1-9-15(21-13-12(27-17(21)23)14(22)20-16(18)19-13)25-11(26-9)8-24-7-10-5-3-2-4-6-10/h2-6,9,11,15H,7-8H2,1H3,(H3,18,19,20,22)/t9-,11-,15-/m0/s1. The molecule has 3 heterocycles. The minimum atomic E-state index is -0.532. The number of hydrogen-bond donors (Lipinski definition) is 2. The second-order valence-corrected chi connectivity index (χ2v) is 8.64. The molecule has 2 aromatic heterocycles. The fraction of sp³-hybridized carbons (Fsp3) is 0.353. The highest BCUT2D eigenvalue weighted by molar-refractivity contribution is 8.00. The number of nitrogen functional groups attached to an aromatic ring is 1. The monoisotopic (exact) mass is 406 g/mol. The highest BCUT2D eigenvalue weighted by Crippen LogP contribution is 2.39. The molecule has 27 heavy (non-hydrogen) atoms. The van der Waals surface area contributed by atoms with E-state index in [4.69, 9.17) is 15.2 Å². The van der Waals surface area contributed by atoms with Crippen molar-refractivity contribution in [3.8, 4) is 0 Å². The molecule has 1 aliphatic rings. The van der Waals surface area contributed by atoms with E-state index in [2.05, 4.69) is 9.97 Å². The first-order valence-corrected chi connectivity index (χ1v) is 10.1. The Morgan fingerprint density at radius 3 is 2.89 bits per heavy atom. The van der Waals surface area contributed by atoms with E-state index in [0.29, 0.717) is 13.2 Å². The van der Waals surface area contributed by atoms with Gasteiger partial charge in [-0.15, -0.1) is 11.8 Å². The van der Waals surface area contributed by atoms with Gasteiger partial charge in [-0.05, 0) is 12.5 Å². The van der Waals surface area contributed by atoms with Crippen LogP contribution in [0.1, 0.15) is 18.7 Å². The number of H-pyrrole nitrogens is 1. The SMILES string of the molecule is C[C@@H]1S[C@@H](COCc2ccccc2)O[C@@H]1n1c(=O)sc2c(=O)[nH]c(N)nc21. The predicted octanol–water partition coefficient (Wildman–Crippen LogP) is 1.92. The third kappa shape index (κ3) is 3.65. The van der Waals surface area contributed by atoms with Crippen molar-refractivity contribution in [3.05, 3.63) is 55.9 Å². The molecular weight excluding hydrogens is 388 g/mol. The Bertz CT molecular complexity index is 1060. The molecule has 3 atom stereocenters. The fourth-order valence-electron chi connectivity index (χ4n) is 2.97. The van der Waals surface area contributed by atoms with E-state index >= 15 is 0 Å². The number of nitrogens with two attached hydrogens (primary N) is 1. The van der Waals surface area contributed by atoms with Crippen LogP contribution in [-0.2, 0) is 16.1 Å². The van der Waals surface area contributed by atoms with E-state index in [-0.39, 0.29) is 31.9 Å². The maximum Gasteiger partial charge on any atom is 0.311 e. The lowest BCUT2D eigenvalue weighted by Crippen LogP contribution is -2.26. The molecule has 142 valence electrons. The van der Waals surface area contributed by atoms with Gasteiger partial charge in [-0.25, -0.2) is 0 Å². The summed E-state index contributed by atoms with van der Waals surface area (Å²) in [4.78, 5) is 30.7. The average molecular weight is 406 g/mol. The van der Waals surface area contributed by atoms with Gasteiger partial charge in [0.05, 0.1) is 18.5 Å². The van der Waals surface area contributed by atoms with Gasteiger partial charge in [0.25, 0.3) is 5.56 Å². The van der Waals surface area contributed by atoms with Crippen molar-refractivity contribution in [2.24, 2.45) is 0 Å². The van der Waals surface area contributed by atoms with Crippen LogP contribution in [0.3, 0.4) is 0 Å². The average Bonchev–Trinajstić information content (AvgIpc) is 3.15. The van der Waals surface area contributed by atoms with Gasteiger partial charge in [0, 0.05) is 0 Å². The van der Waals surface area contributed by atoms with Crippen molar-refractivity contribution in [2.45, 2.75) is 30.4 Å². The maximum absolute atomic E-state index is 12.5. The topological polar surface area (TPSA) is 112 Å². The number of anilines is 1. The van der Waals surface area contributed by atoms with Crippen LogP contribution in [-0.4, -0.2) is 31.8 Å². The Hall–Kier alpha value is -2.14. The number of benzene rings is 1. The van der Waals surface area contributed by atoms with E-state index in [1.807, 2.05) is 37.3 Å². The van der Waals surface area contributed by atoms with Crippen molar-refractivity contribution in [1.29, 1.82) is 0 Å². The second kappa shape index (κ2) is 7.47. The number of rotatable bonds is 5. The molecule has 1 saturated heterocycles. The molecule has 0 unspecified atom stereocenters. The predicted molar refractivity (Wildman–Crippen MR) is 106 cm³/mol. The summed E-state index contributed by atoms with van der Waals surface area (Å²) in [6.45, 7) is 2.86. The number of aromatic nitrogens is 3. The van der Waals surface area contributed by atoms with Gasteiger partial charge in [-0.2, -0.15) is 4.98 Å². The van der Waals surface area contributed by atoms with Crippen molar-refractivity contribution in [2.75, 3.05) is 12.3 Å². The molecule has 1 aromatic carbocycles. The highest BCUT2D eigenvalue weighted by atomic mass is 32.2. The molecule has 0 bridgehead atoms. The number of fused-ring (bicyclic) bond motifs is 1. The normalized spacial score (nSPS) is 22.5. The number of nitrogens with zero attached hydrogens (tertiary/aromatic N) is 2. The first-order chi connectivity index (χ1) is 13.0. The number of nitrogens with one attached hydrogen (secondary N) is 1. The zero-order chi connectivity index (χ0) is 19.0. The van der Waals surface area contributed by atoms with Crippen LogP contribution in [0.5, 0.6) is 0 Å². The fourth-order valence-corrected chi connectivity index (χ4v) is 4.97. The molecule has 4 rings (SSSR count). The van der Waals surface area contributed by atoms with Gasteiger partial charge in [0.15, 0.2) is 11.9 Å². The lowest BCUT2D eigenvalue weighted by atomic mass is 10.2. The quantitative estimate of drug-likeness (QED) is 0.666. The molecule has 1 aliphatic heterocycles. The summed E-state index contributed by atoms with van der Waals surface area (Å²) in [6, 6.07) is 9.89. The number of ether oxygens (including phenoxy) is 2. The van der Waals surface area contributed by atoms with Crippen molar-refractivity contribution < 1.29 is 9.47 Å². The molecule has 0 spiro atoms. The van der Waals surface area contributed by atoms with Gasteiger partial charge in [-0.3, -0.25) is 19.1 Å². The summed E-state index contributed by atoms with van der Waals surface area (Å²) in [5.41, 5.74) is 6.36. The summed E-state index contributed by atoms with van der Waals surface area (Å²) >= 11 is 2.43. The molecular formula is C17H18N4O4S2. The second-order valence-electron chi connectivity index (χ2n) is 6.14. The van der Waals surface area contributed by atoms with Crippen molar-refractivity contribution in [1.82, 2.24) is 14.5 Å². The molecule has 0 saturated carbocycles. The third-order valence-electron chi connectivity index (χ3n) is 4.17. The minimum absolute atomic E-state index is 0.00635. The molecule has 1 fully saturated rings. The van der Waals surface area contributed by atoms with Gasteiger partial charge in [-0.1, -0.05) is 41.7 Å². The lowest BCUT2D eigenvalue weighted by Gasteiger charge is -2.16. The summed E-state index contributed by atoms with van der Waals surface area (Å²) in [5, 5.41) is -0.00635. The third-order valence-corrected chi connectivity index (χ3v) is 6.33. The molecule has 10 heteroatoms. The van der Waals surface area contributed by atoms with Crippen LogP contribution in [0.25, 0.3) is 10.3 Å². The van der Waals surface area contributed by atoms with E-state index in [0.717, 1.165) is 16.9 Å². The van der Waals surface area contributed by atoms with Crippen LogP contribution < -0.4 is 16.2 Å². The van der Waals surface area contributed by atoms with Crippen LogP contribution in [0.15, 0.2) is 39.9 Å². The highest BCUT2D eigenvalue weighted by Gasteiger charge is 2.36. The first kappa shape index (κ1) is 18.2. The van der Waals surface area contributed by atoms with E-state index in [1.54, 1.807) is 11.8 Å². The van der Waals surface area contributed by atoms with Crippen LogP contribution in [0, 0.1) is 0 Å². The van der Waals surface area contributed by atoms with Gasteiger partial charge >= 0.3 is 4.87 Å². The number of hydrogen-bond acceptors (Lipinski definition) is 8. The Kier molecular flexibility index (Phi) is 5.04. The van der Waals surface area contributed by atoms with E-state index in [1.165, 1.54) is 4.57 Å². The van der Waals surface area contributed by atoms with Crippen LogP contribution >= 0.6 is 23.1 Å². The van der Waals surface area contributed by atoms with Crippen molar-refractivity contribution >= 4 is 39.4 Å². The van der Waals surface area contributed by atoms with E-state index in [9.17, 15) is 9.59 Å². The van der Waals surface area contributed by atoms with Crippen LogP contribution in [0.2, 0.25) is 0 Å². The Morgan fingerprint density at radius 1 is 1.33 bits per heavy atom. The number of thiazole rings is 1. The number of thioether (sulfide) groups is 1. The molecule has 0 radical (unpaired) electrons. The lowest BCUT2D eigenvalue weighted by molar-refractivity contribution is -0.0332. The largest absolute Gasteiger partial charge is 0.373 e. The zero-order valence-corrected chi connectivity index (χ0v) is 16.1. The smallest absolute Gasteiger partial charge is 0.311 e. The summed E-state index contributed by atoms with van der Waals surface area (Å²) in [6.07, 6.45) is -0.532. The van der Waals surface area contributed by atoms with Gasteiger partial charge in [0.1, 0.15) is 10.1 Å². The first-order valence-electron chi connectivity index (χ1n) is 8.36. The van der Waals surface area contributed by atoms with Crippen molar-refractivity contribution in [3.63, 3.8) is 0 Å². The zero-order valence-electron chi connectivity index (χ0n) is 14.5. The van der Waals surface area contributed by atoms with Gasteiger partial charge in [0.2, 0.25) is 5.95 Å². The molecule has 0 amide bonds. The maximum atomic E-state index is 12.5. The molecule has 3 N–H and O–H groups in total. The number of aromatic amines is 1. The molecule has 3 aromatic rings. The Morgan fingerprint density at radius 2 is 2.11 bits per heavy atom. The molecule has 0 aliphatic carbocycles. The summed E-state index contributed by atoms with van der Waals surface area (Å²) in [5.74, 6) is -0.0277. The van der Waals surface area contributed by atoms with Gasteiger partial charge < -0.3 is 15.2 Å². The van der Waals surface area contributed by atoms with Crippen LogP contribution in [0.4, 0.5) is 5.95 Å². The summed E-state index contributed by atoms with van der Waals surface area (Å²) in [7, 11) is 0.